The van der Waals surface area contributed by atoms with Gasteiger partial charge in [-0.2, -0.15) is 0 Å². The van der Waals surface area contributed by atoms with Gasteiger partial charge < -0.3 is 25.2 Å². The maximum Gasteiger partial charge on any atom is 0.308 e. The topological polar surface area (TPSA) is 114 Å². The molecule has 0 aliphatic carbocycles. The van der Waals surface area contributed by atoms with Crippen LogP contribution in [0.4, 0.5) is 0 Å². The van der Waals surface area contributed by atoms with Crippen molar-refractivity contribution in [2.75, 3.05) is 19.7 Å². The summed E-state index contributed by atoms with van der Waals surface area (Å²) < 4.78 is 11.5. The Morgan fingerprint density at radius 3 is 2.23 bits per heavy atom. The first kappa shape index (κ1) is 36.1. The molecule has 0 radical (unpaired) electrons. The molecule has 1 fully saturated rings. The van der Waals surface area contributed by atoms with Crippen LogP contribution in [-0.2, 0) is 23.9 Å². The van der Waals surface area contributed by atoms with E-state index in [0.29, 0.717) is 26.0 Å². The molecule has 8 heteroatoms. The Kier molecular flexibility index (Phi) is 16.1. The summed E-state index contributed by atoms with van der Waals surface area (Å²) in [6.07, 6.45) is 16.3. The predicted molar refractivity (Wildman–Crippen MR) is 160 cm³/mol. The summed E-state index contributed by atoms with van der Waals surface area (Å²) in [5.41, 5.74) is -0.977. The maximum absolute atomic E-state index is 12.8. The molecule has 2 atom stereocenters. The quantitative estimate of drug-likeness (QED) is 0.116. The van der Waals surface area contributed by atoms with Gasteiger partial charge in [-0.1, -0.05) is 85.3 Å². The number of hydrogen-bond acceptors (Lipinski definition) is 5. The molecule has 40 heavy (non-hydrogen) atoms. The number of hydrogen-bond donors (Lipinski definition) is 3. The van der Waals surface area contributed by atoms with Gasteiger partial charge in [0.1, 0.15) is 6.10 Å². The van der Waals surface area contributed by atoms with E-state index in [-0.39, 0.29) is 18.4 Å². The van der Waals surface area contributed by atoms with Gasteiger partial charge in [-0.15, -0.1) is 0 Å². The van der Waals surface area contributed by atoms with Gasteiger partial charge in [-0.25, -0.2) is 0 Å². The smallest absolute Gasteiger partial charge is 0.308 e. The predicted octanol–water partition coefficient (Wildman–Crippen LogP) is 6.38. The third kappa shape index (κ3) is 14.1. The molecule has 0 bridgehead atoms. The Hall–Kier alpha value is -1.93. The molecule has 8 nitrogen and oxygen atoms in total. The monoisotopic (exact) mass is 566 g/mol. The average Bonchev–Trinajstić information content (AvgIpc) is 2.87. The van der Waals surface area contributed by atoms with E-state index in [9.17, 15) is 19.5 Å². The number of unbranched alkanes of at least 4 members (excludes halogenated alkanes) is 7. The second kappa shape index (κ2) is 17.8. The van der Waals surface area contributed by atoms with Crippen LogP contribution in [0.3, 0.4) is 0 Å². The molecule has 0 aromatic carbocycles. The maximum atomic E-state index is 12.8. The number of carboxylic acid groups (broad SMARTS) is 1. The lowest BCUT2D eigenvalue weighted by Crippen LogP contribution is -2.57. The highest BCUT2D eigenvalue weighted by molar-refractivity contribution is 5.82. The van der Waals surface area contributed by atoms with Gasteiger partial charge in [0.05, 0.1) is 12.5 Å². The molecule has 0 aromatic heterocycles. The van der Waals surface area contributed by atoms with Crippen LogP contribution in [0.15, 0.2) is 12.2 Å². The van der Waals surface area contributed by atoms with Crippen LogP contribution in [0.5, 0.6) is 0 Å². The number of carboxylic acids is 1. The van der Waals surface area contributed by atoms with Gasteiger partial charge in [-0.05, 0) is 52.4 Å². The number of allylic oxidation sites excluding steroid dienone is 2. The summed E-state index contributed by atoms with van der Waals surface area (Å²) in [6, 6.07) is 0. The van der Waals surface area contributed by atoms with Crippen molar-refractivity contribution in [3.8, 4) is 0 Å². The van der Waals surface area contributed by atoms with Crippen molar-refractivity contribution >= 4 is 17.8 Å². The molecular formula is C32H58N2O6. The third-order valence-electron chi connectivity index (χ3n) is 7.69. The molecule has 1 heterocycles. The zero-order valence-corrected chi connectivity index (χ0v) is 26.4. The SMILES string of the molecule is CCCC=CCCCCCCCCC(C)(C)C(=O)NCCCC(CNC(=O)C1OC(C)(C)OCC1(C)C)C(=O)O. The normalized spacial score (nSPS) is 19.3. The highest BCUT2D eigenvalue weighted by Gasteiger charge is 2.45. The molecule has 232 valence electrons. The number of nitrogens with one attached hydrogen (secondary N) is 2. The Balaban J connectivity index is 2.29. The van der Waals surface area contributed by atoms with Crippen LogP contribution in [0, 0.1) is 16.7 Å². The van der Waals surface area contributed by atoms with Crippen molar-refractivity contribution < 1.29 is 29.0 Å². The zero-order chi connectivity index (χ0) is 30.2. The molecule has 1 rings (SSSR count). The molecule has 2 unspecified atom stereocenters. The average molecular weight is 567 g/mol. The van der Waals surface area contributed by atoms with Gasteiger partial charge in [0, 0.05) is 23.9 Å². The molecule has 1 aliphatic heterocycles. The number of aliphatic carboxylic acids is 1. The van der Waals surface area contributed by atoms with E-state index in [0.717, 1.165) is 19.3 Å². The van der Waals surface area contributed by atoms with Gasteiger partial charge in [-0.3, -0.25) is 14.4 Å². The van der Waals surface area contributed by atoms with Crippen molar-refractivity contribution in [3.05, 3.63) is 12.2 Å². The Bertz CT molecular complexity index is 805. The van der Waals surface area contributed by atoms with Gasteiger partial charge >= 0.3 is 5.97 Å². The van der Waals surface area contributed by atoms with Crippen LogP contribution in [0.1, 0.15) is 126 Å². The summed E-state index contributed by atoms with van der Waals surface area (Å²) in [5.74, 6) is -2.90. The van der Waals surface area contributed by atoms with E-state index in [1.54, 1.807) is 13.8 Å². The number of carbonyl (C=O) groups excluding carboxylic acids is 2. The summed E-state index contributed by atoms with van der Waals surface area (Å²) in [5, 5.41) is 15.4. The van der Waals surface area contributed by atoms with E-state index in [1.165, 1.54) is 44.9 Å². The molecule has 1 aliphatic rings. The van der Waals surface area contributed by atoms with E-state index in [2.05, 4.69) is 29.7 Å². The molecular weight excluding hydrogens is 508 g/mol. The number of ether oxygens (including phenoxy) is 2. The minimum atomic E-state index is -0.965. The van der Waals surface area contributed by atoms with Crippen LogP contribution < -0.4 is 10.6 Å². The fraction of sp³-hybridized carbons (Fsp3) is 0.844. The van der Waals surface area contributed by atoms with E-state index in [4.69, 9.17) is 9.47 Å². The second-order valence-corrected chi connectivity index (χ2v) is 13.2. The van der Waals surface area contributed by atoms with E-state index >= 15 is 0 Å². The fourth-order valence-corrected chi connectivity index (χ4v) is 4.79. The highest BCUT2D eigenvalue weighted by Crippen LogP contribution is 2.35. The van der Waals surface area contributed by atoms with E-state index in [1.807, 2.05) is 27.7 Å². The first-order valence-electron chi connectivity index (χ1n) is 15.5. The van der Waals surface area contributed by atoms with Crippen LogP contribution >= 0.6 is 0 Å². The van der Waals surface area contributed by atoms with E-state index < -0.39 is 34.6 Å². The minimum Gasteiger partial charge on any atom is -0.481 e. The Morgan fingerprint density at radius 2 is 1.57 bits per heavy atom. The van der Waals surface area contributed by atoms with Crippen LogP contribution in [0.25, 0.3) is 0 Å². The number of amides is 2. The first-order chi connectivity index (χ1) is 18.7. The summed E-state index contributed by atoms with van der Waals surface area (Å²) in [7, 11) is 0. The second-order valence-electron chi connectivity index (χ2n) is 13.2. The number of rotatable bonds is 20. The molecule has 2 amide bonds. The molecule has 3 N–H and O–H groups in total. The lowest BCUT2D eigenvalue weighted by atomic mass is 9.85. The highest BCUT2D eigenvalue weighted by atomic mass is 16.7. The summed E-state index contributed by atoms with van der Waals surface area (Å²) in [6.45, 7) is 14.2. The van der Waals surface area contributed by atoms with Gasteiger partial charge in [0.15, 0.2) is 5.79 Å². The van der Waals surface area contributed by atoms with Gasteiger partial charge in [0.25, 0.3) is 0 Å². The Labute approximate surface area is 243 Å². The largest absolute Gasteiger partial charge is 0.481 e. The van der Waals surface area contributed by atoms with Crippen molar-refractivity contribution in [2.24, 2.45) is 16.7 Å². The zero-order valence-electron chi connectivity index (χ0n) is 26.4. The molecule has 0 saturated carbocycles. The molecule has 1 saturated heterocycles. The third-order valence-corrected chi connectivity index (χ3v) is 7.69. The Morgan fingerprint density at radius 1 is 0.950 bits per heavy atom. The lowest BCUT2D eigenvalue weighted by molar-refractivity contribution is -0.304. The summed E-state index contributed by atoms with van der Waals surface area (Å²) >= 11 is 0. The number of carbonyl (C=O) groups is 3. The minimum absolute atomic E-state index is 0.00746. The van der Waals surface area contributed by atoms with Gasteiger partial charge in [0.2, 0.25) is 11.8 Å². The fourth-order valence-electron chi connectivity index (χ4n) is 4.79. The lowest BCUT2D eigenvalue weighted by Gasteiger charge is -2.44. The van der Waals surface area contributed by atoms with Crippen molar-refractivity contribution in [1.82, 2.24) is 10.6 Å². The van der Waals surface area contributed by atoms with Crippen molar-refractivity contribution in [3.63, 3.8) is 0 Å². The standard InChI is InChI=1S/C32H58N2O6/c1-8-9-10-11-12-13-14-15-16-17-18-21-30(2,3)29(38)33-22-19-20-25(28(36)37)23-34-27(35)26-31(4,5)24-39-32(6,7)40-26/h10-11,25-26H,8-9,12-24H2,1-7H3,(H,33,38)(H,34,35)(H,36,37). The molecule has 0 spiro atoms. The molecule has 0 aromatic rings. The van der Waals surface area contributed by atoms with Crippen molar-refractivity contribution in [1.29, 1.82) is 0 Å². The first-order valence-corrected chi connectivity index (χ1v) is 15.5. The van der Waals surface area contributed by atoms with Crippen LogP contribution in [-0.4, -0.2) is 54.5 Å². The van der Waals surface area contributed by atoms with Crippen molar-refractivity contribution in [2.45, 2.75) is 137 Å². The summed E-state index contributed by atoms with van der Waals surface area (Å²) in [4.78, 5) is 37.4. The van der Waals surface area contributed by atoms with Crippen LogP contribution in [0.2, 0.25) is 0 Å².